The van der Waals surface area contributed by atoms with Crippen molar-refractivity contribution in [3.8, 4) is 0 Å². The van der Waals surface area contributed by atoms with Gasteiger partial charge in [-0.2, -0.15) is 0 Å². The van der Waals surface area contributed by atoms with Crippen LogP contribution in [0.5, 0.6) is 0 Å². The Morgan fingerprint density at radius 2 is 0.573 bits per heavy atom. The van der Waals surface area contributed by atoms with E-state index in [1.807, 2.05) is 6.08 Å². The number of hydrogen-bond acceptors (Lipinski definition) is 5. The fraction of sp³-hybridized carbons (Fsp3) is 0.895. The van der Waals surface area contributed by atoms with E-state index in [2.05, 4.69) is 43.5 Å². The third kappa shape index (κ3) is 67.2. The van der Waals surface area contributed by atoms with Gasteiger partial charge in [0.2, 0.25) is 5.91 Å². The first-order chi connectivity index (χ1) is 40.5. The normalized spacial score (nSPS) is 12.7. The summed E-state index contributed by atoms with van der Waals surface area (Å²) < 4.78 is 5.51. The van der Waals surface area contributed by atoms with Crippen molar-refractivity contribution in [1.29, 1.82) is 0 Å². The van der Waals surface area contributed by atoms with Gasteiger partial charge in [0, 0.05) is 12.8 Å². The smallest absolute Gasteiger partial charge is 0.305 e. The minimum absolute atomic E-state index is 0.0175. The van der Waals surface area contributed by atoms with Crippen molar-refractivity contribution in [1.82, 2.24) is 5.32 Å². The number of amides is 1. The summed E-state index contributed by atoms with van der Waals surface area (Å²) in [5.74, 6) is -0.0460. The highest BCUT2D eigenvalue weighted by Crippen LogP contribution is 2.19. The van der Waals surface area contributed by atoms with Crippen molar-refractivity contribution < 1.29 is 24.5 Å². The van der Waals surface area contributed by atoms with Crippen LogP contribution in [0.4, 0.5) is 0 Å². The molecular formula is C76H145NO5. The van der Waals surface area contributed by atoms with Crippen LogP contribution in [0.25, 0.3) is 0 Å². The molecule has 0 saturated carbocycles. The minimum Gasteiger partial charge on any atom is -0.466 e. The van der Waals surface area contributed by atoms with Gasteiger partial charge in [-0.1, -0.05) is 352 Å². The Labute approximate surface area is 513 Å². The monoisotopic (exact) mass is 1150 g/mol. The molecule has 0 aliphatic rings. The first kappa shape index (κ1) is 80.1. The lowest BCUT2D eigenvalue weighted by atomic mass is 10.0. The minimum atomic E-state index is -0.843. The van der Waals surface area contributed by atoms with Gasteiger partial charge in [-0.3, -0.25) is 9.59 Å². The Balaban J connectivity index is 3.36. The number of carbonyl (C=O) groups is 2. The number of esters is 1. The molecule has 6 heteroatoms. The van der Waals surface area contributed by atoms with E-state index < -0.39 is 12.1 Å². The van der Waals surface area contributed by atoms with Crippen molar-refractivity contribution in [3.63, 3.8) is 0 Å². The van der Waals surface area contributed by atoms with E-state index in [1.165, 1.54) is 347 Å². The zero-order valence-corrected chi connectivity index (χ0v) is 55.5. The molecule has 2 atom stereocenters. The van der Waals surface area contributed by atoms with Gasteiger partial charge >= 0.3 is 5.97 Å². The number of aliphatic hydroxyl groups excluding tert-OH is 2. The Morgan fingerprint density at radius 1 is 0.329 bits per heavy atom. The fourth-order valence-corrected chi connectivity index (χ4v) is 11.7. The second-order valence-electron chi connectivity index (χ2n) is 25.6. The fourth-order valence-electron chi connectivity index (χ4n) is 11.7. The summed E-state index contributed by atoms with van der Waals surface area (Å²) in [7, 11) is 0. The van der Waals surface area contributed by atoms with E-state index in [4.69, 9.17) is 4.74 Å². The highest BCUT2D eigenvalue weighted by atomic mass is 16.5. The van der Waals surface area contributed by atoms with E-state index in [1.54, 1.807) is 6.08 Å². The van der Waals surface area contributed by atoms with Crippen molar-refractivity contribution in [3.05, 3.63) is 36.5 Å². The van der Waals surface area contributed by atoms with Crippen LogP contribution in [0.2, 0.25) is 0 Å². The lowest BCUT2D eigenvalue weighted by Gasteiger charge is -2.20. The molecule has 0 fully saturated rings. The summed E-state index contributed by atoms with van der Waals surface area (Å²) >= 11 is 0. The van der Waals surface area contributed by atoms with Crippen LogP contribution in [0.3, 0.4) is 0 Å². The maximum Gasteiger partial charge on any atom is 0.305 e. The molecule has 2 unspecified atom stereocenters. The highest BCUT2D eigenvalue weighted by Gasteiger charge is 2.18. The zero-order valence-electron chi connectivity index (χ0n) is 55.5. The van der Waals surface area contributed by atoms with E-state index in [-0.39, 0.29) is 18.5 Å². The van der Waals surface area contributed by atoms with Gasteiger partial charge in [0.05, 0.1) is 25.4 Å². The summed E-state index contributed by atoms with van der Waals surface area (Å²) in [6, 6.07) is -0.626. The molecule has 0 spiro atoms. The molecular weight excluding hydrogens is 1010 g/mol. The maximum atomic E-state index is 12.5. The Kier molecular flexibility index (Phi) is 69.9. The number of allylic oxidation sites excluding steroid dienone is 5. The van der Waals surface area contributed by atoms with Crippen molar-refractivity contribution in [2.75, 3.05) is 13.2 Å². The molecule has 0 radical (unpaired) electrons. The molecule has 0 saturated heterocycles. The van der Waals surface area contributed by atoms with Gasteiger partial charge in [-0.15, -0.1) is 0 Å². The summed E-state index contributed by atoms with van der Waals surface area (Å²) in [4.78, 5) is 24.6. The molecule has 0 aromatic rings. The molecule has 0 bridgehead atoms. The third-order valence-electron chi connectivity index (χ3n) is 17.4. The Morgan fingerprint density at radius 3 is 0.866 bits per heavy atom. The molecule has 484 valence electrons. The molecule has 3 N–H and O–H groups in total. The van der Waals surface area contributed by atoms with Crippen molar-refractivity contribution >= 4 is 11.9 Å². The molecule has 0 heterocycles. The molecule has 6 nitrogen and oxygen atoms in total. The van der Waals surface area contributed by atoms with Gasteiger partial charge in [-0.25, -0.2) is 0 Å². The van der Waals surface area contributed by atoms with E-state index in [9.17, 15) is 19.8 Å². The number of carbonyl (C=O) groups excluding carboxylic acids is 2. The van der Waals surface area contributed by atoms with E-state index in [0.717, 1.165) is 38.5 Å². The average molecular weight is 1150 g/mol. The van der Waals surface area contributed by atoms with Crippen LogP contribution in [-0.2, 0) is 14.3 Å². The molecule has 1 amide bonds. The van der Waals surface area contributed by atoms with Crippen LogP contribution >= 0.6 is 0 Å². The van der Waals surface area contributed by atoms with Gasteiger partial charge in [0.1, 0.15) is 0 Å². The predicted octanol–water partition coefficient (Wildman–Crippen LogP) is 24.3. The number of ether oxygens (including phenoxy) is 1. The molecule has 0 rings (SSSR count). The molecule has 0 aromatic carbocycles. The third-order valence-corrected chi connectivity index (χ3v) is 17.4. The number of nitrogens with one attached hydrogen (secondary N) is 1. The highest BCUT2D eigenvalue weighted by molar-refractivity contribution is 5.76. The molecule has 0 aromatic heterocycles. The Bertz CT molecular complexity index is 1330. The maximum absolute atomic E-state index is 12.5. The summed E-state index contributed by atoms with van der Waals surface area (Å²) in [6.07, 6.45) is 92.4. The molecule has 0 aliphatic heterocycles. The Hall–Kier alpha value is -1.92. The second kappa shape index (κ2) is 71.6. The van der Waals surface area contributed by atoms with Gasteiger partial charge in [0.25, 0.3) is 0 Å². The first-order valence-corrected chi connectivity index (χ1v) is 37.3. The topological polar surface area (TPSA) is 95.9 Å². The number of unbranched alkanes of at least 4 members (excludes halogenated alkanes) is 55. The van der Waals surface area contributed by atoms with Crippen LogP contribution in [-0.4, -0.2) is 47.4 Å². The quantitative estimate of drug-likeness (QED) is 0.0320. The number of hydrogen-bond donors (Lipinski definition) is 3. The molecule has 82 heavy (non-hydrogen) atoms. The standard InChI is InChI=1S/C76H145NO5/c1-3-5-7-9-11-13-15-17-19-20-34-38-42-46-50-54-58-62-66-70-76(81)82-71-67-63-59-55-51-47-43-39-36-33-31-29-27-25-23-21-22-24-26-28-30-32-35-37-41-45-49-53-57-61-65-69-75(80)77-73(72-78)74(79)68-64-60-56-52-48-44-40-18-16-14-12-10-8-6-4-2/h17,19,23,25,64,68,73-74,78-79H,3-16,18,20-22,24,26-63,65-67,69-72H2,1-2H3,(H,77,80)/b19-17-,25-23-,68-64+. The summed E-state index contributed by atoms with van der Waals surface area (Å²) in [6.45, 7) is 4.93. The lowest BCUT2D eigenvalue weighted by Crippen LogP contribution is -2.45. The average Bonchev–Trinajstić information content (AvgIpc) is 3.48. The predicted molar refractivity (Wildman–Crippen MR) is 361 cm³/mol. The summed E-state index contributed by atoms with van der Waals surface area (Å²) in [5, 5.41) is 23.2. The van der Waals surface area contributed by atoms with Gasteiger partial charge in [-0.05, 0) is 83.5 Å². The molecule has 0 aliphatic carbocycles. The van der Waals surface area contributed by atoms with Gasteiger partial charge in [0.15, 0.2) is 0 Å². The largest absolute Gasteiger partial charge is 0.466 e. The van der Waals surface area contributed by atoms with Crippen LogP contribution in [0, 0.1) is 0 Å². The van der Waals surface area contributed by atoms with Crippen LogP contribution < -0.4 is 5.32 Å². The first-order valence-electron chi connectivity index (χ1n) is 37.3. The SMILES string of the molecule is CCCCCCCC/C=C\CCCCCCCCCCCC(=O)OCCCCCCCCCCCCCC/C=C\CCCCCCCCCCCCCCCCCC(=O)NC(CO)C(O)/C=C/CCCCCCCCCCCCCCC. The zero-order chi connectivity index (χ0) is 59.2. The van der Waals surface area contributed by atoms with Crippen molar-refractivity contribution in [2.45, 2.75) is 424 Å². The van der Waals surface area contributed by atoms with Crippen LogP contribution in [0.1, 0.15) is 412 Å². The van der Waals surface area contributed by atoms with Crippen molar-refractivity contribution in [2.24, 2.45) is 0 Å². The van der Waals surface area contributed by atoms with Crippen LogP contribution in [0.15, 0.2) is 36.5 Å². The summed E-state index contributed by atoms with van der Waals surface area (Å²) in [5.41, 5.74) is 0. The van der Waals surface area contributed by atoms with E-state index in [0.29, 0.717) is 19.4 Å². The number of aliphatic hydroxyl groups is 2. The second-order valence-corrected chi connectivity index (χ2v) is 25.6. The van der Waals surface area contributed by atoms with E-state index >= 15 is 0 Å². The lowest BCUT2D eigenvalue weighted by molar-refractivity contribution is -0.143. The number of rotatable bonds is 70. The van der Waals surface area contributed by atoms with Gasteiger partial charge < -0.3 is 20.3 Å².